The number of nitrogens with one attached hydrogen (secondary N) is 2. The molecule has 2 unspecified atom stereocenters. The maximum Gasteiger partial charge on any atom is 0.315 e. The summed E-state index contributed by atoms with van der Waals surface area (Å²) in [6.07, 6.45) is 4.19. The van der Waals surface area contributed by atoms with Gasteiger partial charge in [0.25, 0.3) is 0 Å². The number of amides is 2. The summed E-state index contributed by atoms with van der Waals surface area (Å²) in [5.41, 5.74) is 1.30. The molecule has 2 aliphatic carbocycles. The Kier molecular flexibility index (Phi) is 3.92. The van der Waals surface area contributed by atoms with Gasteiger partial charge in [-0.1, -0.05) is 30.3 Å². The maximum atomic E-state index is 11.9. The zero-order valence-electron chi connectivity index (χ0n) is 11.6. The topological polar surface area (TPSA) is 61.4 Å². The van der Waals surface area contributed by atoms with E-state index in [1.54, 1.807) is 0 Å². The highest BCUT2D eigenvalue weighted by atomic mass is 16.3. The highest BCUT2D eigenvalue weighted by molar-refractivity contribution is 5.75. The minimum Gasteiger partial charge on any atom is -0.393 e. The summed E-state index contributed by atoms with van der Waals surface area (Å²) < 4.78 is 0. The lowest BCUT2D eigenvalue weighted by molar-refractivity contribution is 0.117. The summed E-state index contributed by atoms with van der Waals surface area (Å²) in [5.74, 6) is 0.468. The second-order valence-corrected chi connectivity index (χ2v) is 5.98. The van der Waals surface area contributed by atoms with Crippen molar-refractivity contribution in [2.75, 3.05) is 0 Å². The third-order valence-corrected chi connectivity index (χ3v) is 4.37. The first-order chi connectivity index (χ1) is 9.72. The van der Waals surface area contributed by atoms with Crippen molar-refractivity contribution in [1.29, 1.82) is 0 Å². The molecule has 4 nitrogen and oxygen atoms in total. The van der Waals surface area contributed by atoms with Crippen molar-refractivity contribution in [3.63, 3.8) is 0 Å². The Morgan fingerprint density at radius 1 is 1.05 bits per heavy atom. The van der Waals surface area contributed by atoms with E-state index in [2.05, 4.69) is 22.8 Å². The van der Waals surface area contributed by atoms with Gasteiger partial charge in [-0.15, -0.1) is 0 Å². The minimum atomic E-state index is -0.179. The van der Waals surface area contributed by atoms with Crippen molar-refractivity contribution >= 4 is 6.03 Å². The third kappa shape index (κ3) is 3.31. The highest BCUT2D eigenvalue weighted by Gasteiger charge is 2.39. The Hall–Kier alpha value is -1.55. The van der Waals surface area contributed by atoms with E-state index in [4.69, 9.17) is 0 Å². The van der Waals surface area contributed by atoms with Crippen LogP contribution in [0.3, 0.4) is 0 Å². The van der Waals surface area contributed by atoms with Gasteiger partial charge in [-0.3, -0.25) is 0 Å². The molecule has 3 N–H and O–H groups in total. The molecule has 2 amide bonds. The Balaban J connectivity index is 1.42. The number of carbonyl (C=O) groups excluding carboxylic acids is 1. The Labute approximate surface area is 119 Å². The SMILES string of the molecule is O=C(NC1CCC(O)CC1)NC1CC1c1ccccc1. The molecule has 108 valence electrons. The molecule has 1 aromatic rings. The van der Waals surface area contributed by atoms with E-state index in [0.717, 1.165) is 32.1 Å². The number of hydrogen-bond donors (Lipinski definition) is 3. The van der Waals surface area contributed by atoms with Crippen molar-refractivity contribution in [1.82, 2.24) is 10.6 Å². The monoisotopic (exact) mass is 274 g/mol. The average molecular weight is 274 g/mol. The Bertz CT molecular complexity index is 455. The predicted molar refractivity (Wildman–Crippen MR) is 77.5 cm³/mol. The van der Waals surface area contributed by atoms with Crippen LogP contribution in [0.15, 0.2) is 30.3 Å². The lowest BCUT2D eigenvalue weighted by Gasteiger charge is -2.26. The highest BCUT2D eigenvalue weighted by Crippen LogP contribution is 2.40. The summed E-state index contributed by atoms with van der Waals surface area (Å²) in [5, 5.41) is 15.5. The predicted octanol–water partition coefficient (Wildman–Crippen LogP) is 2.15. The van der Waals surface area contributed by atoms with E-state index < -0.39 is 0 Å². The standard InChI is InChI=1S/C16H22N2O2/c19-13-8-6-12(7-9-13)17-16(20)18-15-10-14(15)11-4-2-1-3-5-11/h1-5,12-15,19H,6-10H2,(H2,17,18,20). The van der Waals surface area contributed by atoms with Crippen LogP contribution in [0.1, 0.15) is 43.6 Å². The molecular weight excluding hydrogens is 252 g/mol. The van der Waals surface area contributed by atoms with Gasteiger partial charge < -0.3 is 15.7 Å². The molecule has 0 bridgehead atoms. The van der Waals surface area contributed by atoms with Crippen LogP contribution in [0.4, 0.5) is 4.79 Å². The van der Waals surface area contributed by atoms with Crippen LogP contribution in [-0.4, -0.2) is 29.3 Å². The van der Waals surface area contributed by atoms with Gasteiger partial charge in [0.1, 0.15) is 0 Å². The molecule has 2 fully saturated rings. The average Bonchev–Trinajstić information content (AvgIpc) is 3.21. The van der Waals surface area contributed by atoms with E-state index in [9.17, 15) is 9.90 Å². The normalized spacial score (nSPS) is 32.5. The van der Waals surface area contributed by atoms with Gasteiger partial charge in [0.05, 0.1) is 6.10 Å². The summed E-state index contributed by atoms with van der Waals surface area (Å²) in [6.45, 7) is 0. The van der Waals surface area contributed by atoms with Gasteiger partial charge >= 0.3 is 6.03 Å². The number of aliphatic hydroxyl groups is 1. The fraction of sp³-hybridized carbons (Fsp3) is 0.562. The van der Waals surface area contributed by atoms with E-state index in [1.165, 1.54) is 5.56 Å². The van der Waals surface area contributed by atoms with Crippen LogP contribution in [0.5, 0.6) is 0 Å². The van der Waals surface area contributed by atoms with Crippen molar-refractivity contribution in [2.45, 2.75) is 56.2 Å². The molecule has 4 heteroatoms. The number of aliphatic hydroxyl groups excluding tert-OH is 1. The molecule has 0 aliphatic heterocycles. The van der Waals surface area contributed by atoms with Crippen LogP contribution < -0.4 is 10.6 Å². The number of hydrogen-bond acceptors (Lipinski definition) is 2. The summed E-state index contributed by atoms with van der Waals surface area (Å²) in [4.78, 5) is 11.9. The van der Waals surface area contributed by atoms with Gasteiger partial charge in [0.15, 0.2) is 0 Å². The minimum absolute atomic E-state index is 0.0604. The largest absolute Gasteiger partial charge is 0.393 e. The van der Waals surface area contributed by atoms with Crippen LogP contribution in [0.2, 0.25) is 0 Å². The zero-order valence-corrected chi connectivity index (χ0v) is 11.6. The molecule has 1 aromatic carbocycles. The lowest BCUT2D eigenvalue weighted by atomic mass is 9.93. The number of rotatable bonds is 3. The van der Waals surface area contributed by atoms with Crippen LogP contribution in [0.25, 0.3) is 0 Å². The fourth-order valence-electron chi connectivity index (χ4n) is 3.04. The van der Waals surface area contributed by atoms with E-state index >= 15 is 0 Å². The van der Waals surface area contributed by atoms with Gasteiger partial charge in [-0.25, -0.2) is 4.79 Å². The smallest absolute Gasteiger partial charge is 0.315 e. The third-order valence-electron chi connectivity index (χ3n) is 4.37. The molecule has 0 aromatic heterocycles. The van der Waals surface area contributed by atoms with Crippen molar-refractivity contribution in [3.05, 3.63) is 35.9 Å². The molecule has 0 spiro atoms. The van der Waals surface area contributed by atoms with Gasteiger partial charge in [0, 0.05) is 18.0 Å². The van der Waals surface area contributed by atoms with Gasteiger partial charge in [0.2, 0.25) is 0 Å². The first kappa shape index (κ1) is 13.4. The fourth-order valence-corrected chi connectivity index (χ4v) is 3.04. The second kappa shape index (κ2) is 5.83. The Morgan fingerprint density at radius 3 is 2.45 bits per heavy atom. The first-order valence-corrected chi connectivity index (χ1v) is 7.52. The molecular formula is C16H22N2O2. The molecule has 3 rings (SSSR count). The molecule has 20 heavy (non-hydrogen) atoms. The van der Waals surface area contributed by atoms with E-state index in [0.29, 0.717) is 5.92 Å². The van der Waals surface area contributed by atoms with E-state index in [-0.39, 0.29) is 24.2 Å². The van der Waals surface area contributed by atoms with Crippen LogP contribution >= 0.6 is 0 Å². The van der Waals surface area contributed by atoms with Crippen molar-refractivity contribution < 1.29 is 9.90 Å². The molecule has 2 saturated carbocycles. The number of carbonyl (C=O) groups is 1. The number of urea groups is 1. The van der Waals surface area contributed by atoms with Gasteiger partial charge in [-0.2, -0.15) is 0 Å². The maximum absolute atomic E-state index is 11.9. The summed E-state index contributed by atoms with van der Waals surface area (Å²) >= 11 is 0. The lowest BCUT2D eigenvalue weighted by Crippen LogP contribution is -2.45. The van der Waals surface area contributed by atoms with Crippen molar-refractivity contribution in [2.24, 2.45) is 0 Å². The van der Waals surface area contributed by atoms with Gasteiger partial charge in [-0.05, 0) is 37.7 Å². The number of benzene rings is 1. The second-order valence-electron chi connectivity index (χ2n) is 5.98. The zero-order chi connectivity index (χ0) is 13.9. The molecule has 2 atom stereocenters. The van der Waals surface area contributed by atoms with Crippen LogP contribution in [0, 0.1) is 0 Å². The quantitative estimate of drug-likeness (QED) is 0.791. The first-order valence-electron chi connectivity index (χ1n) is 7.52. The molecule has 2 aliphatic rings. The Morgan fingerprint density at radius 2 is 1.75 bits per heavy atom. The summed E-state index contributed by atoms with van der Waals surface area (Å²) in [7, 11) is 0. The summed E-state index contributed by atoms with van der Waals surface area (Å²) in [6, 6.07) is 10.8. The van der Waals surface area contributed by atoms with Crippen molar-refractivity contribution in [3.8, 4) is 0 Å². The molecule has 0 heterocycles. The van der Waals surface area contributed by atoms with Crippen LogP contribution in [-0.2, 0) is 0 Å². The van der Waals surface area contributed by atoms with E-state index in [1.807, 2.05) is 18.2 Å². The molecule has 0 saturated heterocycles. The molecule has 0 radical (unpaired) electrons.